The first-order valence-electron chi connectivity index (χ1n) is 15.7. The Labute approximate surface area is 274 Å². The van der Waals surface area contributed by atoms with Crippen LogP contribution in [-0.4, -0.2) is 0 Å². The molecule has 0 aliphatic carbocycles. The molecular formula is C43H30N2S. The van der Waals surface area contributed by atoms with Gasteiger partial charge in [0.25, 0.3) is 0 Å². The molecule has 0 saturated heterocycles. The second-order valence-corrected chi connectivity index (χ2v) is 12.8. The number of fused-ring (bicyclic) bond motifs is 5. The number of anilines is 4. The van der Waals surface area contributed by atoms with Crippen molar-refractivity contribution >= 4 is 34.5 Å². The Morgan fingerprint density at radius 1 is 0.326 bits per heavy atom. The molecule has 0 saturated carbocycles. The van der Waals surface area contributed by atoms with E-state index in [1.807, 2.05) is 11.8 Å². The second kappa shape index (κ2) is 10.8. The van der Waals surface area contributed by atoms with Crippen LogP contribution in [0.25, 0.3) is 22.3 Å². The number of rotatable bonds is 4. The summed E-state index contributed by atoms with van der Waals surface area (Å²) in [6, 6.07) is 66.2. The first kappa shape index (κ1) is 26.9. The topological polar surface area (TPSA) is 6.48 Å². The van der Waals surface area contributed by atoms with E-state index < -0.39 is 5.66 Å². The number of para-hydroxylation sites is 2. The predicted octanol–water partition coefficient (Wildman–Crippen LogP) is 11.7. The molecule has 9 rings (SSSR count). The summed E-state index contributed by atoms with van der Waals surface area (Å²) in [5, 5.41) is 0. The molecule has 218 valence electrons. The van der Waals surface area contributed by atoms with E-state index in [0.717, 1.165) is 11.4 Å². The fourth-order valence-electron chi connectivity index (χ4n) is 7.24. The number of hydrogen-bond acceptors (Lipinski definition) is 3. The van der Waals surface area contributed by atoms with Gasteiger partial charge in [-0.2, -0.15) is 0 Å². The third-order valence-corrected chi connectivity index (χ3v) is 10.4. The lowest BCUT2D eigenvalue weighted by atomic mass is 9.86. The van der Waals surface area contributed by atoms with E-state index >= 15 is 0 Å². The van der Waals surface area contributed by atoms with Crippen LogP contribution in [0.2, 0.25) is 0 Å². The normalized spacial score (nSPS) is 14.1. The zero-order chi connectivity index (χ0) is 30.5. The van der Waals surface area contributed by atoms with Crippen LogP contribution in [0.1, 0.15) is 11.1 Å². The molecule has 0 aromatic heterocycles. The molecule has 0 bridgehead atoms. The van der Waals surface area contributed by atoms with Gasteiger partial charge in [0.15, 0.2) is 5.66 Å². The van der Waals surface area contributed by atoms with Crippen LogP contribution < -0.4 is 9.80 Å². The average molecular weight is 607 g/mol. The van der Waals surface area contributed by atoms with Gasteiger partial charge in [-0.1, -0.05) is 145 Å². The summed E-state index contributed by atoms with van der Waals surface area (Å²) in [5.41, 5.74) is 11.4. The highest BCUT2D eigenvalue weighted by Gasteiger charge is 2.56. The molecular weight excluding hydrogens is 577 g/mol. The van der Waals surface area contributed by atoms with Gasteiger partial charge in [0.2, 0.25) is 0 Å². The van der Waals surface area contributed by atoms with E-state index in [2.05, 4.69) is 192 Å². The van der Waals surface area contributed by atoms with Crippen LogP contribution in [-0.2, 0) is 5.66 Å². The highest BCUT2D eigenvalue weighted by atomic mass is 32.2. The molecule has 7 aromatic rings. The van der Waals surface area contributed by atoms with Crippen LogP contribution >= 0.6 is 11.8 Å². The van der Waals surface area contributed by atoms with Crippen molar-refractivity contribution in [1.82, 2.24) is 0 Å². The third-order valence-electron chi connectivity index (χ3n) is 9.22. The molecule has 2 nitrogen and oxygen atoms in total. The Kier molecular flexibility index (Phi) is 6.32. The minimum Gasteiger partial charge on any atom is -0.308 e. The van der Waals surface area contributed by atoms with Crippen molar-refractivity contribution in [3.05, 3.63) is 193 Å². The molecule has 7 aromatic carbocycles. The molecule has 46 heavy (non-hydrogen) atoms. The highest BCUT2D eigenvalue weighted by Crippen LogP contribution is 2.64. The van der Waals surface area contributed by atoms with Gasteiger partial charge in [-0.3, -0.25) is 0 Å². The van der Waals surface area contributed by atoms with Crippen LogP contribution in [0.5, 0.6) is 0 Å². The van der Waals surface area contributed by atoms with Crippen LogP contribution in [0.4, 0.5) is 22.7 Å². The quantitative estimate of drug-likeness (QED) is 0.197. The van der Waals surface area contributed by atoms with Crippen molar-refractivity contribution < 1.29 is 0 Å². The first-order valence-corrected chi connectivity index (χ1v) is 16.5. The van der Waals surface area contributed by atoms with Gasteiger partial charge in [0.1, 0.15) is 0 Å². The molecule has 2 aliphatic rings. The standard InChI is InChI=1S/C43H30N2S/c1-3-13-31(14-4-1)33-23-27-35(28-24-33)44-39-19-9-10-20-40(39)45(36-29-25-34(26-30-36)32-15-5-2-6-16-32)43(44)37-17-7-11-21-41(37)46-42-22-12-8-18-38(42)43/h1-30H. The minimum absolute atomic E-state index is 0.662. The Balaban J connectivity index is 1.32. The number of nitrogens with zero attached hydrogens (tertiary/aromatic N) is 2. The van der Waals surface area contributed by atoms with Crippen molar-refractivity contribution in [3.8, 4) is 22.3 Å². The van der Waals surface area contributed by atoms with Crippen molar-refractivity contribution in [2.24, 2.45) is 0 Å². The fraction of sp³-hybridized carbons (Fsp3) is 0.0233. The largest absolute Gasteiger partial charge is 0.308 e. The van der Waals surface area contributed by atoms with E-state index in [4.69, 9.17) is 0 Å². The molecule has 0 unspecified atom stereocenters. The summed E-state index contributed by atoms with van der Waals surface area (Å²) in [5.74, 6) is 0. The zero-order valence-corrected chi connectivity index (χ0v) is 25.9. The molecule has 2 aliphatic heterocycles. The number of benzene rings is 7. The van der Waals surface area contributed by atoms with Crippen molar-refractivity contribution in [2.75, 3.05) is 9.80 Å². The fourth-order valence-corrected chi connectivity index (χ4v) is 8.41. The van der Waals surface area contributed by atoms with Crippen LogP contribution in [0.3, 0.4) is 0 Å². The summed E-state index contributed by atoms with van der Waals surface area (Å²) in [7, 11) is 0. The lowest BCUT2D eigenvalue weighted by Gasteiger charge is -2.49. The Bertz CT molecular complexity index is 2020. The van der Waals surface area contributed by atoms with E-state index in [0.29, 0.717) is 0 Å². The maximum absolute atomic E-state index is 2.57. The van der Waals surface area contributed by atoms with Crippen LogP contribution in [0.15, 0.2) is 192 Å². The first-order chi connectivity index (χ1) is 22.8. The Hall–Kier alpha value is -5.51. The van der Waals surface area contributed by atoms with Gasteiger partial charge in [-0.15, -0.1) is 0 Å². The Morgan fingerprint density at radius 3 is 1.11 bits per heavy atom. The maximum Gasteiger partial charge on any atom is 0.177 e. The van der Waals surface area contributed by atoms with E-state index in [9.17, 15) is 0 Å². The summed E-state index contributed by atoms with van der Waals surface area (Å²) >= 11 is 1.86. The molecule has 0 amide bonds. The van der Waals surface area contributed by atoms with Gasteiger partial charge < -0.3 is 9.80 Å². The highest BCUT2D eigenvalue weighted by molar-refractivity contribution is 7.99. The van der Waals surface area contributed by atoms with Gasteiger partial charge in [0.05, 0.1) is 11.4 Å². The van der Waals surface area contributed by atoms with Gasteiger partial charge in [-0.05, 0) is 70.8 Å². The molecule has 0 N–H and O–H groups in total. The van der Waals surface area contributed by atoms with E-state index in [-0.39, 0.29) is 0 Å². The van der Waals surface area contributed by atoms with Crippen molar-refractivity contribution in [2.45, 2.75) is 15.5 Å². The Morgan fingerprint density at radius 2 is 0.674 bits per heavy atom. The zero-order valence-electron chi connectivity index (χ0n) is 25.1. The third kappa shape index (κ3) is 4.06. The summed E-state index contributed by atoms with van der Waals surface area (Å²) in [6.07, 6.45) is 0. The van der Waals surface area contributed by atoms with Crippen molar-refractivity contribution in [3.63, 3.8) is 0 Å². The molecule has 1 spiro atoms. The van der Waals surface area contributed by atoms with Gasteiger partial charge in [0, 0.05) is 32.3 Å². The van der Waals surface area contributed by atoms with Crippen molar-refractivity contribution in [1.29, 1.82) is 0 Å². The summed E-state index contributed by atoms with van der Waals surface area (Å²) < 4.78 is 0. The van der Waals surface area contributed by atoms with E-state index in [1.54, 1.807) is 0 Å². The van der Waals surface area contributed by atoms with Crippen LogP contribution in [0, 0.1) is 0 Å². The molecule has 2 heterocycles. The SMILES string of the molecule is c1ccc(-c2ccc(N3c4ccccc4N(c4ccc(-c5ccccc5)cc4)C34c3ccccc3Sc3ccccc34)cc2)cc1. The smallest absolute Gasteiger partial charge is 0.177 e. The molecule has 0 radical (unpaired) electrons. The molecule has 0 fully saturated rings. The summed E-state index contributed by atoms with van der Waals surface area (Å²) in [4.78, 5) is 7.68. The van der Waals surface area contributed by atoms with Gasteiger partial charge in [-0.25, -0.2) is 0 Å². The molecule has 0 atom stereocenters. The summed E-state index contributed by atoms with van der Waals surface area (Å²) in [6.45, 7) is 0. The monoisotopic (exact) mass is 606 g/mol. The number of hydrogen-bond donors (Lipinski definition) is 0. The predicted molar refractivity (Wildman–Crippen MR) is 192 cm³/mol. The maximum atomic E-state index is 2.57. The lowest BCUT2D eigenvalue weighted by Crippen LogP contribution is -2.53. The molecule has 3 heteroatoms. The minimum atomic E-state index is -0.662. The van der Waals surface area contributed by atoms with Gasteiger partial charge >= 0.3 is 0 Å². The lowest BCUT2D eigenvalue weighted by molar-refractivity contribution is 0.534. The van der Waals surface area contributed by atoms with E-state index in [1.165, 1.54) is 54.5 Å². The average Bonchev–Trinajstić information content (AvgIpc) is 3.44. The second-order valence-electron chi connectivity index (χ2n) is 11.8.